The lowest BCUT2D eigenvalue weighted by Gasteiger charge is -2.39. The van der Waals surface area contributed by atoms with Gasteiger partial charge in [0.05, 0.1) is 10.7 Å². The Hall–Kier alpha value is -0.730. The van der Waals surface area contributed by atoms with E-state index in [0.29, 0.717) is 5.41 Å². The highest BCUT2D eigenvalue weighted by atomic mass is 35.5. The minimum absolute atomic E-state index is 0.528. The van der Waals surface area contributed by atoms with Gasteiger partial charge in [-0.15, -0.1) is 0 Å². The van der Waals surface area contributed by atoms with E-state index < -0.39 is 0 Å². The van der Waals surface area contributed by atoms with Crippen molar-refractivity contribution in [2.24, 2.45) is 5.41 Å². The van der Waals surface area contributed by atoms with E-state index in [1.165, 1.54) is 36.3 Å². The van der Waals surface area contributed by atoms with Crippen LogP contribution in [0.4, 0.5) is 5.69 Å². The highest BCUT2D eigenvalue weighted by Crippen LogP contribution is 2.40. The molecule has 0 atom stereocenters. The van der Waals surface area contributed by atoms with Crippen molar-refractivity contribution in [1.29, 1.82) is 0 Å². The second-order valence-corrected chi connectivity index (χ2v) is 6.09. The van der Waals surface area contributed by atoms with Gasteiger partial charge in [0.2, 0.25) is 0 Å². The first-order chi connectivity index (χ1) is 8.10. The average Bonchev–Trinajstić information content (AvgIpc) is 2.60. The fraction of sp³-hybridized carbons (Fsp3) is 0.571. The molecule has 3 rings (SSSR count). The van der Waals surface area contributed by atoms with E-state index in [9.17, 15) is 0 Å². The van der Waals surface area contributed by atoms with Crippen LogP contribution in [0.25, 0.3) is 0 Å². The van der Waals surface area contributed by atoms with Gasteiger partial charge >= 0.3 is 0 Å². The predicted octanol–water partition coefficient (Wildman–Crippen LogP) is 2.76. The molecule has 0 unspecified atom stereocenters. The molecule has 2 heterocycles. The van der Waals surface area contributed by atoms with Gasteiger partial charge in [0.15, 0.2) is 0 Å². The standard InChI is InChI=1S/C14H19ClN2/c1-10-5-11(2)13(12(15)6-10)17-4-3-14(9-17)7-16-8-14/h5-6,16H,3-4,7-9H2,1-2H3. The zero-order valence-corrected chi connectivity index (χ0v) is 11.3. The van der Waals surface area contributed by atoms with E-state index in [0.717, 1.165) is 18.1 Å². The van der Waals surface area contributed by atoms with Crippen LogP contribution in [0.15, 0.2) is 12.1 Å². The summed E-state index contributed by atoms with van der Waals surface area (Å²) in [4.78, 5) is 2.47. The van der Waals surface area contributed by atoms with Crippen molar-refractivity contribution in [3.05, 3.63) is 28.3 Å². The van der Waals surface area contributed by atoms with E-state index in [2.05, 4.69) is 36.2 Å². The predicted molar refractivity (Wildman–Crippen MR) is 73.1 cm³/mol. The Bertz CT molecular complexity index is 429. The first-order valence-electron chi connectivity index (χ1n) is 6.32. The molecular formula is C14H19ClN2. The molecule has 0 amide bonds. The first-order valence-corrected chi connectivity index (χ1v) is 6.70. The largest absolute Gasteiger partial charge is 0.369 e. The van der Waals surface area contributed by atoms with E-state index >= 15 is 0 Å². The number of benzene rings is 1. The van der Waals surface area contributed by atoms with Gasteiger partial charge in [-0.25, -0.2) is 0 Å². The summed E-state index contributed by atoms with van der Waals surface area (Å²) in [6.07, 6.45) is 1.30. The summed E-state index contributed by atoms with van der Waals surface area (Å²) in [6.45, 7) is 8.91. The van der Waals surface area contributed by atoms with Gasteiger partial charge in [-0.2, -0.15) is 0 Å². The molecule has 0 radical (unpaired) electrons. The Balaban J connectivity index is 1.90. The highest BCUT2D eigenvalue weighted by Gasteiger charge is 2.43. The van der Waals surface area contributed by atoms with Crippen LogP contribution in [0.5, 0.6) is 0 Å². The molecule has 0 bridgehead atoms. The summed E-state index contributed by atoms with van der Waals surface area (Å²) in [5.74, 6) is 0. The van der Waals surface area contributed by atoms with Crippen molar-refractivity contribution < 1.29 is 0 Å². The van der Waals surface area contributed by atoms with Crippen molar-refractivity contribution in [1.82, 2.24) is 5.32 Å². The Morgan fingerprint density at radius 3 is 2.59 bits per heavy atom. The van der Waals surface area contributed by atoms with E-state index in [4.69, 9.17) is 11.6 Å². The Morgan fingerprint density at radius 2 is 2.06 bits per heavy atom. The third-order valence-corrected chi connectivity index (χ3v) is 4.44. The summed E-state index contributed by atoms with van der Waals surface area (Å²) in [5, 5.41) is 4.30. The van der Waals surface area contributed by atoms with Gasteiger partial charge in [0, 0.05) is 31.6 Å². The van der Waals surface area contributed by atoms with Crippen LogP contribution in [-0.2, 0) is 0 Å². The molecule has 3 heteroatoms. The lowest BCUT2D eigenvalue weighted by molar-refractivity contribution is 0.200. The van der Waals surface area contributed by atoms with Crippen molar-refractivity contribution in [2.75, 3.05) is 31.1 Å². The smallest absolute Gasteiger partial charge is 0.0644 e. The number of nitrogens with one attached hydrogen (secondary N) is 1. The van der Waals surface area contributed by atoms with Crippen molar-refractivity contribution in [2.45, 2.75) is 20.3 Å². The minimum atomic E-state index is 0.528. The summed E-state index contributed by atoms with van der Waals surface area (Å²) >= 11 is 6.41. The fourth-order valence-electron chi connectivity index (χ4n) is 3.20. The maximum atomic E-state index is 6.41. The van der Waals surface area contributed by atoms with Crippen molar-refractivity contribution in [3.8, 4) is 0 Å². The SMILES string of the molecule is Cc1cc(C)c(N2CCC3(CNC3)C2)c(Cl)c1. The van der Waals surface area contributed by atoms with E-state index in [1.54, 1.807) is 0 Å². The maximum absolute atomic E-state index is 6.41. The van der Waals surface area contributed by atoms with E-state index in [1.807, 2.05) is 0 Å². The molecule has 0 aromatic heterocycles. The molecule has 1 aromatic carbocycles. The summed E-state index contributed by atoms with van der Waals surface area (Å²) in [7, 11) is 0. The Labute approximate surface area is 108 Å². The monoisotopic (exact) mass is 250 g/mol. The van der Waals surface area contributed by atoms with Crippen LogP contribution in [0.2, 0.25) is 5.02 Å². The van der Waals surface area contributed by atoms with E-state index in [-0.39, 0.29) is 0 Å². The van der Waals surface area contributed by atoms with Crippen molar-refractivity contribution in [3.63, 3.8) is 0 Å². The summed E-state index contributed by atoms with van der Waals surface area (Å²) in [5.41, 5.74) is 4.33. The zero-order chi connectivity index (χ0) is 12.0. The molecule has 2 aliphatic heterocycles. The van der Waals surface area contributed by atoms with Gasteiger partial charge in [-0.3, -0.25) is 0 Å². The third kappa shape index (κ3) is 1.84. The molecule has 0 aliphatic carbocycles. The van der Waals surface area contributed by atoms with Crippen LogP contribution in [0, 0.1) is 19.3 Å². The molecule has 1 aromatic rings. The molecular weight excluding hydrogens is 232 g/mol. The molecule has 17 heavy (non-hydrogen) atoms. The fourth-order valence-corrected chi connectivity index (χ4v) is 3.64. The first kappa shape index (κ1) is 11.4. The number of aryl methyl sites for hydroxylation is 2. The molecule has 92 valence electrons. The number of rotatable bonds is 1. The maximum Gasteiger partial charge on any atom is 0.0644 e. The van der Waals surface area contributed by atoms with Crippen LogP contribution in [-0.4, -0.2) is 26.2 Å². The van der Waals surface area contributed by atoms with Gasteiger partial charge in [-0.1, -0.05) is 17.7 Å². The van der Waals surface area contributed by atoms with Gasteiger partial charge < -0.3 is 10.2 Å². The molecule has 1 spiro atoms. The quantitative estimate of drug-likeness (QED) is 0.825. The number of hydrogen-bond donors (Lipinski definition) is 1. The number of hydrogen-bond acceptors (Lipinski definition) is 2. The molecule has 0 saturated carbocycles. The molecule has 1 N–H and O–H groups in total. The van der Waals surface area contributed by atoms with Gasteiger partial charge in [0.25, 0.3) is 0 Å². The lowest BCUT2D eigenvalue weighted by atomic mass is 9.81. The van der Waals surface area contributed by atoms with Crippen molar-refractivity contribution >= 4 is 17.3 Å². The minimum Gasteiger partial charge on any atom is -0.369 e. The summed E-state index contributed by atoms with van der Waals surface area (Å²) < 4.78 is 0. The highest BCUT2D eigenvalue weighted by molar-refractivity contribution is 6.33. The normalized spacial score (nSPS) is 21.9. The van der Waals surface area contributed by atoms with Crippen LogP contribution < -0.4 is 10.2 Å². The Kier molecular flexibility index (Phi) is 2.60. The second kappa shape index (κ2) is 3.89. The number of nitrogens with zero attached hydrogens (tertiary/aromatic N) is 1. The molecule has 2 aliphatic rings. The second-order valence-electron chi connectivity index (χ2n) is 5.69. The number of halogens is 1. The van der Waals surface area contributed by atoms with Crippen LogP contribution in [0.1, 0.15) is 17.5 Å². The molecule has 2 saturated heterocycles. The number of anilines is 1. The average molecular weight is 251 g/mol. The Morgan fingerprint density at radius 1 is 1.29 bits per heavy atom. The molecule has 2 fully saturated rings. The third-order valence-electron chi connectivity index (χ3n) is 4.15. The van der Waals surface area contributed by atoms with Gasteiger partial charge in [0.1, 0.15) is 0 Å². The molecule has 2 nitrogen and oxygen atoms in total. The lowest BCUT2D eigenvalue weighted by Crippen LogP contribution is -2.54. The zero-order valence-electron chi connectivity index (χ0n) is 10.5. The summed E-state index contributed by atoms with van der Waals surface area (Å²) in [6, 6.07) is 4.30. The van der Waals surface area contributed by atoms with Crippen LogP contribution >= 0.6 is 11.6 Å². The van der Waals surface area contributed by atoms with Crippen LogP contribution in [0.3, 0.4) is 0 Å². The van der Waals surface area contributed by atoms with Gasteiger partial charge in [-0.05, 0) is 37.5 Å². The topological polar surface area (TPSA) is 15.3 Å².